The van der Waals surface area contributed by atoms with Crippen LogP contribution in [0.15, 0.2) is 48.6 Å². The van der Waals surface area contributed by atoms with Crippen LogP contribution in [0.4, 0.5) is 0 Å². The predicted octanol–water partition coefficient (Wildman–Crippen LogP) is 21.3. The molecule has 6 heteroatoms. The number of rotatable bonds is 62. The highest BCUT2D eigenvalue weighted by molar-refractivity contribution is 5.76. The Morgan fingerprint density at radius 3 is 1.04 bits per heavy atom. The largest absolute Gasteiger partial charge is 0.466 e. The summed E-state index contributed by atoms with van der Waals surface area (Å²) in [5.74, 6) is -0.0630. The molecule has 6 nitrogen and oxygen atoms in total. The lowest BCUT2D eigenvalue weighted by molar-refractivity contribution is -0.143. The Morgan fingerprint density at radius 2 is 0.667 bits per heavy atom. The van der Waals surface area contributed by atoms with Crippen LogP contribution in [0, 0.1) is 0 Å². The van der Waals surface area contributed by atoms with Crippen molar-refractivity contribution in [1.82, 2.24) is 5.32 Å². The van der Waals surface area contributed by atoms with Gasteiger partial charge in [0.1, 0.15) is 0 Å². The highest BCUT2D eigenvalue weighted by Gasteiger charge is 2.18. The van der Waals surface area contributed by atoms with Crippen molar-refractivity contribution in [3.05, 3.63) is 48.6 Å². The molecular weight excluding hydrogens is 923 g/mol. The summed E-state index contributed by atoms with van der Waals surface area (Å²) in [5.41, 5.74) is 0. The van der Waals surface area contributed by atoms with Gasteiger partial charge in [-0.1, -0.05) is 300 Å². The van der Waals surface area contributed by atoms with Crippen molar-refractivity contribution >= 4 is 11.9 Å². The van der Waals surface area contributed by atoms with Crippen molar-refractivity contribution in [2.75, 3.05) is 13.2 Å². The van der Waals surface area contributed by atoms with Crippen molar-refractivity contribution in [3.8, 4) is 0 Å². The second-order valence-electron chi connectivity index (χ2n) is 22.8. The minimum atomic E-state index is -0.844. The number of hydrogen-bond donors (Lipinski definition) is 3. The first-order valence-electron chi connectivity index (χ1n) is 33.4. The van der Waals surface area contributed by atoms with Gasteiger partial charge in [0.2, 0.25) is 5.91 Å². The molecule has 75 heavy (non-hydrogen) atoms. The molecule has 2 atom stereocenters. The molecule has 1 amide bonds. The van der Waals surface area contributed by atoms with Crippen molar-refractivity contribution in [1.29, 1.82) is 0 Å². The number of carbonyl (C=O) groups excluding carboxylic acids is 2. The molecular formula is C69H129NO5. The molecule has 0 aliphatic rings. The minimum absolute atomic E-state index is 0.00343. The summed E-state index contributed by atoms with van der Waals surface area (Å²) in [5, 5.41) is 23.1. The number of aliphatic hydroxyl groups is 2. The maximum Gasteiger partial charge on any atom is 0.305 e. The Hall–Kier alpha value is -2.18. The van der Waals surface area contributed by atoms with Crippen LogP contribution < -0.4 is 5.32 Å². The molecule has 0 heterocycles. The molecule has 0 fully saturated rings. The summed E-state index contributed by atoms with van der Waals surface area (Å²) in [4.78, 5) is 24.5. The Balaban J connectivity index is 3.41. The number of ether oxygens (including phenoxy) is 1. The van der Waals surface area contributed by atoms with Gasteiger partial charge in [0.25, 0.3) is 0 Å². The van der Waals surface area contributed by atoms with E-state index in [1.165, 1.54) is 276 Å². The van der Waals surface area contributed by atoms with Gasteiger partial charge in [0.05, 0.1) is 25.4 Å². The number of amides is 1. The average molecular weight is 1050 g/mol. The summed E-state index contributed by atoms with van der Waals surface area (Å²) in [6.07, 6.45) is 83.2. The van der Waals surface area contributed by atoms with E-state index in [4.69, 9.17) is 4.74 Å². The number of carbonyl (C=O) groups is 2. The Bertz CT molecular complexity index is 1260. The van der Waals surface area contributed by atoms with E-state index in [1.54, 1.807) is 6.08 Å². The Kier molecular flexibility index (Phi) is 62.5. The lowest BCUT2D eigenvalue weighted by Crippen LogP contribution is -2.45. The zero-order valence-electron chi connectivity index (χ0n) is 50.3. The first kappa shape index (κ1) is 72.8. The maximum absolute atomic E-state index is 12.5. The maximum atomic E-state index is 12.5. The van der Waals surface area contributed by atoms with E-state index in [1.807, 2.05) is 6.08 Å². The molecule has 440 valence electrons. The van der Waals surface area contributed by atoms with Crippen LogP contribution in [-0.4, -0.2) is 47.4 Å². The third kappa shape index (κ3) is 60.9. The van der Waals surface area contributed by atoms with Gasteiger partial charge in [0.15, 0.2) is 0 Å². The lowest BCUT2D eigenvalue weighted by atomic mass is 10.0. The molecule has 0 saturated carbocycles. The van der Waals surface area contributed by atoms with E-state index in [0.29, 0.717) is 19.4 Å². The second-order valence-corrected chi connectivity index (χ2v) is 22.8. The van der Waals surface area contributed by atoms with Crippen LogP contribution in [0.3, 0.4) is 0 Å². The van der Waals surface area contributed by atoms with Crippen LogP contribution in [-0.2, 0) is 14.3 Å². The molecule has 0 aliphatic heterocycles. The number of allylic oxidation sites excluding steroid dienone is 7. The summed E-state index contributed by atoms with van der Waals surface area (Å²) in [7, 11) is 0. The van der Waals surface area contributed by atoms with Crippen LogP contribution in [0.2, 0.25) is 0 Å². The van der Waals surface area contributed by atoms with E-state index < -0.39 is 12.1 Å². The zero-order chi connectivity index (χ0) is 54.3. The monoisotopic (exact) mass is 1050 g/mol. The predicted molar refractivity (Wildman–Crippen MR) is 329 cm³/mol. The van der Waals surface area contributed by atoms with E-state index in [2.05, 4.69) is 55.6 Å². The van der Waals surface area contributed by atoms with Gasteiger partial charge in [-0.25, -0.2) is 0 Å². The Morgan fingerprint density at radius 1 is 0.373 bits per heavy atom. The summed E-state index contributed by atoms with van der Waals surface area (Å²) >= 11 is 0. The van der Waals surface area contributed by atoms with Crippen molar-refractivity contribution in [3.63, 3.8) is 0 Å². The van der Waals surface area contributed by atoms with E-state index >= 15 is 0 Å². The van der Waals surface area contributed by atoms with Crippen LogP contribution in [0.1, 0.15) is 354 Å². The van der Waals surface area contributed by atoms with Gasteiger partial charge < -0.3 is 20.3 Å². The molecule has 0 aromatic heterocycles. The average Bonchev–Trinajstić information content (AvgIpc) is 3.41. The second kappa shape index (κ2) is 64.3. The molecule has 0 aromatic carbocycles. The SMILES string of the molecule is CCCCCC/C=C\CCCCCCCC(=O)OCCCCCCCCCCC/C=C\C/C=C\CCCCCCCCCCCCCCCCCC(=O)NC(CO)C(O)/C=C/CCCCCCCCCCCCCC. The van der Waals surface area contributed by atoms with Gasteiger partial charge in [-0.3, -0.25) is 9.59 Å². The quantitative estimate of drug-likeness (QED) is 0.0320. The molecule has 0 bridgehead atoms. The molecule has 0 radical (unpaired) electrons. The normalized spacial score (nSPS) is 12.9. The van der Waals surface area contributed by atoms with Crippen molar-refractivity contribution in [2.45, 2.75) is 366 Å². The van der Waals surface area contributed by atoms with E-state index in [-0.39, 0.29) is 18.5 Å². The van der Waals surface area contributed by atoms with Gasteiger partial charge >= 0.3 is 5.97 Å². The number of nitrogens with one attached hydrogen (secondary N) is 1. The first-order valence-corrected chi connectivity index (χ1v) is 33.4. The summed E-state index contributed by atoms with van der Waals surface area (Å²) < 4.78 is 5.47. The Labute approximate surface area is 467 Å². The number of hydrogen-bond acceptors (Lipinski definition) is 5. The third-order valence-electron chi connectivity index (χ3n) is 15.3. The molecule has 0 rings (SSSR count). The van der Waals surface area contributed by atoms with E-state index in [0.717, 1.165) is 51.4 Å². The number of unbranched alkanes of at least 4 members (excludes halogenated alkanes) is 45. The van der Waals surface area contributed by atoms with Crippen LogP contribution in [0.25, 0.3) is 0 Å². The van der Waals surface area contributed by atoms with Gasteiger partial charge in [-0.2, -0.15) is 0 Å². The summed E-state index contributed by atoms with van der Waals surface area (Å²) in [6.45, 7) is 4.89. The highest BCUT2D eigenvalue weighted by atomic mass is 16.5. The third-order valence-corrected chi connectivity index (χ3v) is 15.3. The topological polar surface area (TPSA) is 95.9 Å². The van der Waals surface area contributed by atoms with Crippen LogP contribution in [0.5, 0.6) is 0 Å². The molecule has 3 N–H and O–H groups in total. The summed E-state index contributed by atoms with van der Waals surface area (Å²) in [6, 6.07) is -0.627. The number of aliphatic hydroxyl groups excluding tert-OH is 2. The highest BCUT2D eigenvalue weighted by Crippen LogP contribution is 2.17. The van der Waals surface area contributed by atoms with Gasteiger partial charge in [-0.15, -0.1) is 0 Å². The first-order chi connectivity index (χ1) is 37.0. The fourth-order valence-corrected chi connectivity index (χ4v) is 10.2. The van der Waals surface area contributed by atoms with Gasteiger partial charge in [0, 0.05) is 12.8 Å². The molecule has 0 spiro atoms. The van der Waals surface area contributed by atoms with Gasteiger partial charge in [-0.05, 0) is 89.9 Å². The molecule has 0 aliphatic carbocycles. The lowest BCUT2D eigenvalue weighted by Gasteiger charge is -2.20. The minimum Gasteiger partial charge on any atom is -0.466 e. The smallest absolute Gasteiger partial charge is 0.305 e. The standard InChI is InChI=1S/C69H129NO5/c1-3-5-7-9-11-13-15-17-38-41-45-49-53-57-61-67(72)66(65-71)70-68(73)62-58-54-50-46-42-39-35-33-31-29-27-25-23-21-19-18-20-22-24-26-28-30-32-34-36-40-44-48-52-56-60-64-75-69(74)63-59-55-51-47-43-37-16-14-12-10-8-6-4-2/h14,16,20,22,26,28,57,61,66-67,71-72H,3-13,15,17-19,21,23-25,27,29-56,58-60,62-65H2,1-2H3,(H,70,73)/b16-14-,22-20-,28-26-,61-57+. The molecule has 2 unspecified atom stereocenters. The van der Waals surface area contributed by atoms with Crippen molar-refractivity contribution < 1.29 is 24.5 Å². The van der Waals surface area contributed by atoms with E-state index in [9.17, 15) is 19.8 Å². The van der Waals surface area contributed by atoms with Crippen molar-refractivity contribution in [2.24, 2.45) is 0 Å². The fourth-order valence-electron chi connectivity index (χ4n) is 10.2. The fraction of sp³-hybridized carbons (Fsp3) is 0.855. The number of esters is 1. The molecule has 0 aromatic rings. The zero-order valence-corrected chi connectivity index (χ0v) is 50.3. The molecule has 0 saturated heterocycles. The van der Waals surface area contributed by atoms with Crippen LogP contribution >= 0.6 is 0 Å².